The van der Waals surface area contributed by atoms with Gasteiger partial charge in [0.1, 0.15) is 11.2 Å². The van der Waals surface area contributed by atoms with E-state index in [1.807, 2.05) is 51.3 Å². The van der Waals surface area contributed by atoms with Gasteiger partial charge in [-0.1, -0.05) is 0 Å². The fraction of sp³-hybridized carbons (Fsp3) is 0.706. The first-order valence-electron chi connectivity index (χ1n) is 16.9. The lowest BCUT2D eigenvalue weighted by Gasteiger charge is -2.39. The Morgan fingerprint density at radius 2 is 1.10 bits per heavy atom. The average Bonchev–Trinajstić information content (AvgIpc) is 3.45. The lowest BCUT2D eigenvalue weighted by atomic mass is 9.92. The number of hydrogen-bond acceptors (Lipinski definition) is 10. The highest BCUT2D eigenvalue weighted by molar-refractivity contribution is 9.10. The Kier molecular flexibility index (Phi) is 13.9. The van der Waals surface area contributed by atoms with E-state index in [0.29, 0.717) is 24.5 Å². The number of fused-ring (bicyclic) bond motifs is 4. The number of halogens is 3. The molecule has 0 aliphatic carbocycles. The number of amides is 2. The van der Waals surface area contributed by atoms with Gasteiger partial charge in [0.25, 0.3) is 0 Å². The highest BCUT2D eigenvalue weighted by Crippen LogP contribution is 2.40. The highest BCUT2D eigenvalue weighted by atomic mass is 79.9. The van der Waals surface area contributed by atoms with Crippen LogP contribution in [0.3, 0.4) is 0 Å². The van der Waals surface area contributed by atoms with E-state index < -0.39 is 11.2 Å². The summed E-state index contributed by atoms with van der Waals surface area (Å²) in [5.41, 5.74) is -0.875. The first kappa shape index (κ1) is 39.5. The van der Waals surface area contributed by atoms with Gasteiger partial charge in [0.15, 0.2) is 0 Å². The van der Waals surface area contributed by atoms with Crippen LogP contribution in [0, 0.1) is 11.8 Å². The van der Waals surface area contributed by atoms with Crippen molar-refractivity contribution in [3.8, 4) is 6.01 Å². The minimum absolute atomic E-state index is 0.175. The predicted octanol–water partition coefficient (Wildman–Crippen LogP) is 7.85. The van der Waals surface area contributed by atoms with E-state index in [2.05, 4.69) is 51.8 Å². The van der Waals surface area contributed by atoms with Gasteiger partial charge in [0.2, 0.25) is 5.28 Å². The van der Waals surface area contributed by atoms with Crippen molar-refractivity contribution in [3.63, 3.8) is 0 Å². The topological polar surface area (TPSA) is 140 Å². The van der Waals surface area contributed by atoms with Crippen LogP contribution in [-0.4, -0.2) is 95.6 Å². The molecule has 49 heavy (non-hydrogen) atoms. The van der Waals surface area contributed by atoms with E-state index in [1.54, 1.807) is 24.8 Å². The zero-order valence-corrected chi connectivity index (χ0v) is 33.1. The molecule has 12 nitrogen and oxygen atoms in total. The molecule has 0 radical (unpaired) electrons. The zero-order valence-electron chi connectivity index (χ0n) is 29.2. The normalized spacial score (nSPS) is 25.8. The minimum atomic E-state index is -0.449. The fourth-order valence-electron chi connectivity index (χ4n) is 6.95. The molecule has 4 aliphatic heterocycles. The number of nitrogens with zero attached hydrogens (tertiary/aromatic N) is 6. The van der Waals surface area contributed by atoms with Gasteiger partial charge in [-0.05, 0) is 148 Å². The number of hydrogen-bond donors (Lipinski definition) is 1. The summed E-state index contributed by atoms with van der Waals surface area (Å²) in [6.07, 6.45) is 14.1. The monoisotopic (exact) mass is 830 g/mol. The SMILES string of the molecule is CC(C)(C)OC(=O)N1C2CCC1CC(CO)C2.CC(C)(C)OC(=O)N1C2CCC1CC(COc1ncc(Br)cn1)C2.Clc1ncc(Br)cn1. The van der Waals surface area contributed by atoms with E-state index in [-0.39, 0.29) is 48.2 Å². The molecule has 4 saturated heterocycles. The summed E-state index contributed by atoms with van der Waals surface area (Å²) in [4.78, 5) is 44.1. The maximum atomic E-state index is 12.4. The first-order chi connectivity index (χ1) is 23.0. The smallest absolute Gasteiger partial charge is 0.410 e. The van der Waals surface area contributed by atoms with Crippen LogP contribution in [0.2, 0.25) is 5.28 Å². The molecule has 4 bridgehead atoms. The first-order valence-corrected chi connectivity index (χ1v) is 18.8. The van der Waals surface area contributed by atoms with Crippen molar-refractivity contribution < 1.29 is 28.9 Å². The number of aromatic nitrogens is 4. The number of carbonyl (C=O) groups is 2. The molecule has 1 N–H and O–H groups in total. The molecule has 6 heterocycles. The quantitative estimate of drug-likeness (QED) is 0.303. The van der Waals surface area contributed by atoms with Crippen molar-refractivity contribution in [3.05, 3.63) is 39.0 Å². The van der Waals surface area contributed by atoms with Crippen molar-refractivity contribution in [2.24, 2.45) is 11.8 Å². The molecule has 15 heteroatoms. The zero-order chi connectivity index (χ0) is 35.9. The summed E-state index contributed by atoms with van der Waals surface area (Å²) < 4.78 is 18.4. The van der Waals surface area contributed by atoms with Crippen LogP contribution in [-0.2, 0) is 9.47 Å². The molecule has 6 rings (SSSR count). The van der Waals surface area contributed by atoms with Gasteiger partial charge in [-0.15, -0.1) is 0 Å². The van der Waals surface area contributed by atoms with Crippen LogP contribution < -0.4 is 4.74 Å². The molecule has 2 aromatic rings. The molecule has 0 aromatic carbocycles. The van der Waals surface area contributed by atoms with Gasteiger partial charge < -0.3 is 29.1 Å². The van der Waals surface area contributed by atoms with Crippen molar-refractivity contribution in [2.75, 3.05) is 13.2 Å². The summed E-state index contributed by atoms with van der Waals surface area (Å²) >= 11 is 11.8. The van der Waals surface area contributed by atoms with E-state index >= 15 is 0 Å². The van der Waals surface area contributed by atoms with Gasteiger partial charge in [0.05, 0.1) is 15.6 Å². The lowest BCUT2D eigenvalue weighted by molar-refractivity contribution is -0.00257. The Hall–Kier alpha value is -2.29. The van der Waals surface area contributed by atoms with Gasteiger partial charge in [-0.25, -0.2) is 29.5 Å². The molecule has 4 fully saturated rings. The molecule has 2 aromatic heterocycles. The van der Waals surface area contributed by atoms with Crippen LogP contribution in [0.1, 0.15) is 92.9 Å². The van der Waals surface area contributed by atoms with Gasteiger partial charge in [0, 0.05) is 55.6 Å². The molecule has 4 atom stereocenters. The Bertz CT molecular complexity index is 1330. The Morgan fingerprint density at radius 3 is 1.45 bits per heavy atom. The van der Waals surface area contributed by atoms with E-state index in [0.717, 1.165) is 60.3 Å². The molecule has 0 saturated carbocycles. The molecule has 4 unspecified atom stereocenters. The minimum Gasteiger partial charge on any atom is -0.463 e. The molecule has 272 valence electrons. The number of rotatable bonds is 4. The van der Waals surface area contributed by atoms with E-state index in [9.17, 15) is 14.7 Å². The fourth-order valence-corrected chi connectivity index (χ4v) is 7.46. The number of ether oxygens (including phenoxy) is 3. The van der Waals surface area contributed by atoms with E-state index in [4.69, 9.17) is 25.8 Å². The summed E-state index contributed by atoms with van der Waals surface area (Å²) in [6.45, 7) is 12.3. The number of aliphatic hydroxyl groups excluding tert-OH is 1. The molecule has 4 aliphatic rings. The second kappa shape index (κ2) is 17.3. The summed E-state index contributed by atoms with van der Waals surface area (Å²) in [5, 5.41) is 9.50. The molecule has 0 spiro atoms. The van der Waals surface area contributed by atoms with Crippen LogP contribution in [0.25, 0.3) is 0 Å². The maximum absolute atomic E-state index is 12.4. The number of carbonyl (C=O) groups excluding carboxylic acids is 2. The standard InChI is InChI=1S/C17H24BrN3O3.C13H23NO3.C4H2BrClN2/c1-17(2,3)24-16(22)21-13-4-5-14(21)7-11(6-13)10-23-15-19-8-12(18)9-20-15;1-13(2,3)17-12(16)14-10-4-5-11(14)7-9(6-10)8-15;5-3-1-7-4(6)8-2-3/h8-9,11,13-14H,4-7,10H2,1-3H3;9-11,15H,4-8H2,1-3H3;1-2H. The molecular weight excluding hydrogens is 784 g/mol. The largest absolute Gasteiger partial charge is 0.463 e. The van der Waals surface area contributed by atoms with Crippen molar-refractivity contribution in [2.45, 2.75) is 128 Å². The molecule has 2 amide bonds. The number of aliphatic hydroxyl groups is 1. The van der Waals surface area contributed by atoms with Crippen LogP contribution in [0.4, 0.5) is 9.59 Å². The molecular formula is C34H49Br2ClN6O6. The number of piperidine rings is 2. The van der Waals surface area contributed by atoms with Gasteiger partial charge >= 0.3 is 18.2 Å². The van der Waals surface area contributed by atoms with Crippen LogP contribution >= 0.6 is 43.5 Å². The Balaban J connectivity index is 0.000000187. The summed E-state index contributed by atoms with van der Waals surface area (Å²) in [6, 6.07) is 1.48. The second-order valence-electron chi connectivity index (χ2n) is 15.1. The van der Waals surface area contributed by atoms with Crippen LogP contribution in [0.5, 0.6) is 6.01 Å². The summed E-state index contributed by atoms with van der Waals surface area (Å²) in [7, 11) is 0. The van der Waals surface area contributed by atoms with Crippen molar-refractivity contribution >= 4 is 55.6 Å². The van der Waals surface area contributed by atoms with Crippen LogP contribution in [0.15, 0.2) is 33.7 Å². The van der Waals surface area contributed by atoms with Crippen molar-refractivity contribution in [1.29, 1.82) is 0 Å². The Morgan fingerprint density at radius 1 is 0.735 bits per heavy atom. The predicted molar refractivity (Wildman–Crippen MR) is 192 cm³/mol. The average molecular weight is 833 g/mol. The Labute approximate surface area is 311 Å². The maximum Gasteiger partial charge on any atom is 0.410 e. The van der Waals surface area contributed by atoms with Gasteiger partial charge in [-0.3, -0.25) is 0 Å². The third kappa shape index (κ3) is 12.2. The third-order valence-electron chi connectivity index (χ3n) is 8.76. The highest BCUT2D eigenvalue weighted by Gasteiger charge is 2.46. The second-order valence-corrected chi connectivity index (χ2v) is 17.2. The third-order valence-corrected chi connectivity index (χ3v) is 9.78. The lowest BCUT2D eigenvalue weighted by Crippen LogP contribution is -2.49. The summed E-state index contributed by atoms with van der Waals surface area (Å²) in [5.74, 6) is 0.791. The van der Waals surface area contributed by atoms with Crippen molar-refractivity contribution in [1.82, 2.24) is 29.7 Å². The van der Waals surface area contributed by atoms with Gasteiger partial charge in [-0.2, -0.15) is 0 Å². The van der Waals surface area contributed by atoms with E-state index in [1.165, 1.54) is 0 Å².